The molecule has 21 heavy (non-hydrogen) atoms. The lowest BCUT2D eigenvalue weighted by Gasteiger charge is -2.23. The van der Waals surface area contributed by atoms with Crippen LogP contribution >= 0.6 is 0 Å². The summed E-state index contributed by atoms with van der Waals surface area (Å²) in [5.74, 6) is 0.536. The minimum absolute atomic E-state index is 0.0442. The number of hydrogen-bond acceptors (Lipinski definition) is 3. The molecule has 0 radical (unpaired) electrons. The second-order valence-corrected chi connectivity index (χ2v) is 6.07. The zero-order chi connectivity index (χ0) is 15.6. The second kappa shape index (κ2) is 6.28. The predicted molar refractivity (Wildman–Crippen MR) is 79.9 cm³/mol. The van der Waals surface area contributed by atoms with Crippen molar-refractivity contribution in [3.8, 4) is 0 Å². The van der Waals surface area contributed by atoms with Crippen molar-refractivity contribution < 1.29 is 9.59 Å². The molecule has 0 atom stereocenters. The molecule has 0 bridgehead atoms. The van der Waals surface area contributed by atoms with Gasteiger partial charge in [0, 0.05) is 39.6 Å². The van der Waals surface area contributed by atoms with Gasteiger partial charge in [0.2, 0.25) is 5.91 Å². The quantitative estimate of drug-likeness (QED) is 0.837. The average Bonchev–Trinajstić information content (AvgIpc) is 2.63. The van der Waals surface area contributed by atoms with Gasteiger partial charge < -0.3 is 9.80 Å². The maximum absolute atomic E-state index is 12.6. The first-order chi connectivity index (χ1) is 9.88. The van der Waals surface area contributed by atoms with E-state index in [1.54, 1.807) is 22.7 Å². The lowest BCUT2D eigenvalue weighted by Crippen LogP contribution is -2.37. The van der Waals surface area contributed by atoms with Crippen LogP contribution in [0.2, 0.25) is 0 Å². The topological polar surface area (TPSA) is 58.4 Å². The molecule has 6 nitrogen and oxygen atoms in total. The van der Waals surface area contributed by atoms with Crippen molar-refractivity contribution in [2.45, 2.75) is 27.2 Å². The van der Waals surface area contributed by atoms with E-state index in [1.807, 2.05) is 11.8 Å². The number of aryl methyl sites for hydroxylation is 2. The van der Waals surface area contributed by atoms with Gasteiger partial charge in [-0.1, -0.05) is 13.8 Å². The molecule has 2 rings (SSSR count). The summed E-state index contributed by atoms with van der Waals surface area (Å²) in [4.78, 5) is 28.3. The maximum atomic E-state index is 12.6. The van der Waals surface area contributed by atoms with Crippen LogP contribution in [0.3, 0.4) is 0 Å². The SMILES string of the molecule is Cc1cc(C(=O)N2CCC(=O)N(CC(C)C)CC2)n(C)n1. The van der Waals surface area contributed by atoms with Crippen molar-refractivity contribution in [2.24, 2.45) is 13.0 Å². The summed E-state index contributed by atoms with van der Waals surface area (Å²) in [6, 6.07) is 1.79. The molecule has 2 heterocycles. The number of carbonyl (C=O) groups is 2. The summed E-state index contributed by atoms with van der Waals surface area (Å²) >= 11 is 0. The molecule has 0 saturated carbocycles. The molecular weight excluding hydrogens is 268 g/mol. The molecule has 0 spiro atoms. The highest BCUT2D eigenvalue weighted by molar-refractivity contribution is 5.93. The second-order valence-electron chi connectivity index (χ2n) is 6.07. The summed E-state index contributed by atoms with van der Waals surface area (Å²) in [6.07, 6.45) is 0.398. The Kier molecular flexibility index (Phi) is 4.65. The highest BCUT2D eigenvalue weighted by atomic mass is 16.2. The Labute approximate surface area is 125 Å². The van der Waals surface area contributed by atoms with Crippen LogP contribution in [0.15, 0.2) is 6.07 Å². The maximum Gasteiger partial charge on any atom is 0.272 e. The third-order valence-corrected chi connectivity index (χ3v) is 3.68. The van der Waals surface area contributed by atoms with E-state index in [0.29, 0.717) is 37.7 Å². The van der Waals surface area contributed by atoms with Crippen LogP contribution in [0.5, 0.6) is 0 Å². The van der Waals surface area contributed by atoms with Gasteiger partial charge in [0.25, 0.3) is 5.91 Å². The summed E-state index contributed by atoms with van der Waals surface area (Å²) < 4.78 is 1.61. The molecule has 0 unspecified atom stereocenters. The van der Waals surface area contributed by atoms with Crippen LogP contribution in [0.4, 0.5) is 0 Å². The van der Waals surface area contributed by atoms with Crippen LogP contribution in [0.25, 0.3) is 0 Å². The van der Waals surface area contributed by atoms with Crippen LogP contribution in [0, 0.1) is 12.8 Å². The molecule has 0 N–H and O–H groups in total. The summed E-state index contributed by atoms with van der Waals surface area (Å²) in [6.45, 7) is 8.50. The highest BCUT2D eigenvalue weighted by Crippen LogP contribution is 2.12. The van der Waals surface area contributed by atoms with Crippen LogP contribution in [-0.4, -0.2) is 57.6 Å². The van der Waals surface area contributed by atoms with Gasteiger partial charge in [-0.15, -0.1) is 0 Å². The van der Waals surface area contributed by atoms with Crippen molar-refractivity contribution in [1.29, 1.82) is 0 Å². The van der Waals surface area contributed by atoms with Crippen molar-refractivity contribution in [1.82, 2.24) is 19.6 Å². The zero-order valence-corrected chi connectivity index (χ0v) is 13.3. The fraction of sp³-hybridized carbons (Fsp3) is 0.667. The molecule has 1 aromatic rings. The molecule has 1 fully saturated rings. The average molecular weight is 292 g/mol. The zero-order valence-electron chi connectivity index (χ0n) is 13.3. The Balaban J connectivity index is 2.07. The number of aromatic nitrogens is 2. The van der Waals surface area contributed by atoms with Crippen molar-refractivity contribution in [2.75, 3.05) is 26.2 Å². The monoisotopic (exact) mass is 292 g/mol. The van der Waals surface area contributed by atoms with Crippen LogP contribution in [-0.2, 0) is 11.8 Å². The van der Waals surface area contributed by atoms with Gasteiger partial charge in [-0.3, -0.25) is 14.3 Å². The standard InChI is InChI=1S/C15H24N4O2/c1-11(2)10-19-8-7-18(6-5-14(19)20)15(21)13-9-12(3)16-17(13)4/h9,11H,5-8,10H2,1-4H3. The summed E-state index contributed by atoms with van der Waals surface area (Å²) in [5.41, 5.74) is 1.41. The van der Waals surface area contributed by atoms with E-state index in [2.05, 4.69) is 18.9 Å². The molecule has 1 aliphatic heterocycles. The minimum atomic E-state index is -0.0442. The van der Waals surface area contributed by atoms with Gasteiger partial charge in [-0.05, 0) is 18.9 Å². The van der Waals surface area contributed by atoms with E-state index in [-0.39, 0.29) is 11.8 Å². The van der Waals surface area contributed by atoms with Crippen molar-refractivity contribution in [3.63, 3.8) is 0 Å². The normalized spacial score (nSPS) is 16.5. The van der Waals surface area contributed by atoms with E-state index in [9.17, 15) is 9.59 Å². The Morgan fingerprint density at radius 1 is 1.33 bits per heavy atom. The fourth-order valence-corrected chi connectivity index (χ4v) is 2.68. The first-order valence-electron chi connectivity index (χ1n) is 7.46. The third-order valence-electron chi connectivity index (χ3n) is 3.68. The molecule has 116 valence electrons. The predicted octanol–water partition coefficient (Wildman–Crippen LogP) is 1.06. The lowest BCUT2D eigenvalue weighted by molar-refractivity contribution is -0.130. The van der Waals surface area contributed by atoms with E-state index in [1.165, 1.54) is 0 Å². The number of carbonyl (C=O) groups excluding carboxylic acids is 2. The molecule has 6 heteroatoms. The number of hydrogen-bond donors (Lipinski definition) is 0. The van der Waals surface area contributed by atoms with Gasteiger partial charge in [-0.25, -0.2) is 0 Å². The largest absolute Gasteiger partial charge is 0.341 e. The highest BCUT2D eigenvalue weighted by Gasteiger charge is 2.26. The first-order valence-corrected chi connectivity index (χ1v) is 7.46. The fourth-order valence-electron chi connectivity index (χ4n) is 2.68. The van der Waals surface area contributed by atoms with Crippen molar-refractivity contribution in [3.05, 3.63) is 17.5 Å². The van der Waals surface area contributed by atoms with Crippen LogP contribution in [0.1, 0.15) is 36.5 Å². The number of nitrogens with zero attached hydrogens (tertiary/aromatic N) is 4. The molecule has 0 aliphatic carbocycles. The Hall–Kier alpha value is -1.85. The molecule has 1 aliphatic rings. The summed E-state index contributed by atoms with van der Waals surface area (Å²) in [7, 11) is 1.77. The van der Waals surface area contributed by atoms with Gasteiger partial charge in [-0.2, -0.15) is 5.10 Å². The van der Waals surface area contributed by atoms with Crippen LogP contribution < -0.4 is 0 Å². The Morgan fingerprint density at radius 2 is 2.05 bits per heavy atom. The Bertz CT molecular complexity index is 536. The molecule has 2 amide bonds. The van der Waals surface area contributed by atoms with E-state index in [4.69, 9.17) is 0 Å². The molecular formula is C15H24N4O2. The Morgan fingerprint density at radius 3 is 2.62 bits per heavy atom. The van der Waals surface area contributed by atoms with Gasteiger partial charge in [0.05, 0.1) is 5.69 Å². The molecule has 1 saturated heterocycles. The third kappa shape index (κ3) is 3.62. The first kappa shape index (κ1) is 15.5. The number of rotatable bonds is 3. The summed E-state index contributed by atoms with van der Waals surface area (Å²) in [5, 5.41) is 4.21. The van der Waals surface area contributed by atoms with Crippen molar-refractivity contribution >= 4 is 11.8 Å². The van der Waals surface area contributed by atoms with Gasteiger partial charge >= 0.3 is 0 Å². The smallest absolute Gasteiger partial charge is 0.272 e. The van der Waals surface area contributed by atoms with E-state index < -0.39 is 0 Å². The number of amides is 2. The van der Waals surface area contributed by atoms with E-state index in [0.717, 1.165) is 12.2 Å². The van der Waals surface area contributed by atoms with Gasteiger partial charge in [0.1, 0.15) is 5.69 Å². The molecule has 1 aromatic heterocycles. The lowest BCUT2D eigenvalue weighted by atomic mass is 10.2. The molecule has 0 aromatic carbocycles. The van der Waals surface area contributed by atoms with E-state index >= 15 is 0 Å². The van der Waals surface area contributed by atoms with Gasteiger partial charge in [0.15, 0.2) is 0 Å². The minimum Gasteiger partial charge on any atom is -0.341 e.